The first-order valence-corrected chi connectivity index (χ1v) is 7.20. The van der Waals surface area contributed by atoms with Crippen molar-refractivity contribution in [3.63, 3.8) is 0 Å². The largest absolute Gasteiger partial charge is 0.368 e. The van der Waals surface area contributed by atoms with E-state index in [0.29, 0.717) is 5.16 Å². The number of aromatic amines is 1. The van der Waals surface area contributed by atoms with Gasteiger partial charge in [0.1, 0.15) is 0 Å². The van der Waals surface area contributed by atoms with Gasteiger partial charge in [-0.15, -0.1) is 5.10 Å². The fourth-order valence-electron chi connectivity index (χ4n) is 1.59. The third-order valence-electron chi connectivity index (χ3n) is 2.76. The predicted octanol–water partition coefficient (Wildman–Crippen LogP) is 2.07. The van der Waals surface area contributed by atoms with Gasteiger partial charge in [-0.2, -0.15) is 4.98 Å². The molecule has 1 aromatic carbocycles. The maximum absolute atomic E-state index is 12.0. The molecule has 2 rings (SSSR count). The van der Waals surface area contributed by atoms with Gasteiger partial charge in [0.15, 0.2) is 0 Å². The molecule has 0 saturated heterocycles. The minimum Gasteiger partial charge on any atom is -0.368 e. The van der Waals surface area contributed by atoms with Gasteiger partial charge in [-0.1, -0.05) is 30.8 Å². The second-order valence-electron chi connectivity index (χ2n) is 4.30. The summed E-state index contributed by atoms with van der Waals surface area (Å²) in [6, 6.07) is 7.81. The summed E-state index contributed by atoms with van der Waals surface area (Å²) in [5.41, 5.74) is 7.46. The van der Waals surface area contributed by atoms with Crippen LogP contribution < -0.4 is 11.1 Å². The number of carbonyl (C=O) groups excluding carboxylic acids is 1. The Morgan fingerprint density at radius 2 is 2.15 bits per heavy atom. The Labute approximate surface area is 121 Å². The Bertz CT molecular complexity index is 581. The van der Waals surface area contributed by atoms with Gasteiger partial charge in [0, 0.05) is 5.69 Å². The van der Waals surface area contributed by atoms with Crippen LogP contribution in [0.3, 0.4) is 0 Å². The number of hydrogen-bond donors (Lipinski definition) is 3. The molecule has 7 heteroatoms. The predicted molar refractivity (Wildman–Crippen MR) is 80.6 cm³/mol. The minimum atomic E-state index is -0.309. The molecule has 0 bridgehead atoms. The fourth-order valence-corrected chi connectivity index (χ4v) is 2.32. The third-order valence-corrected chi connectivity index (χ3v) is 3.72. The van der Waals surface area contributed by atoms with Crippen molar-refractivity contribution in [2.45, 2.75) is 30.7 Å². The number of anilines is 2. The van der Waals surface area contributed by atoms with Crippen LogP contribution in [0.15, 0.2) is 29.4 Å². The lowest BCUT2D eigenvalue weighted by molar-refractivity contribution is -0.115. The highest BCUT2D eigenvalue weighted by Gasteiger charge is 2.16. The van der Waals surface area contributed by atoms with Gasteiger partial charge in [-0.05, 0) is 31.0 Å². The minimum absolute atomic E-state index is 0.0948. The molecular weight excluding hydrogens is 274 g/mol. The Hall–Kier alpha value is -2.02. The summed E-state index contributed by atoms with van der Waals surface area (Å²) in [5, 5.41) is 9.45. The number of carbonyl (C=O) groups is 1. The maximum Gasteiger partial charge on any atom is 0.237 e. The summed E-state index contributed by atoms with van der Waals surface area (Å²) < 4.78 is 0. The van der Waals surface area contributed by atoms with Crippen LogP contribution in [-0.2, 0) is 11.2 Å². The Morgan fingerprint density at radius 3 is 2.70 bits per heavy atom. The molecule has 0 aliphatic carbocycles. The summed E-state index contributed by atoms with van der Waals surface area (Å²) in [7, 11) is 0. The molecule has 0 saturated carbocycles. The van der Waals surface area contributed by atoms with E-state index in [1.54, 1.807) is 6.92 Å². The zero-order chi connectivity index (χ0) is 14.5. The monoisotopic (exact) mass is 291 g/mol. The number of benzene rings is 1. The lowest BCUT2D eigenvalue weighted by atomic mass is 10.1. The molecule has 0 radical (unpaired) electrons. The molecule has 4 N–H and O–H groups in total. The van der Waals surface area contributed by atoms with Crippen molar-refractivity contribution in [2.24, 2.45) is 0 Å². The molecule has 1 amide bonds. The molecule has 0 spiro atoms. The second-order valence-corrected chi connectivity index (χ2v) is 5.61. The highest BCUT2D eigenvalue weighted by Crippen LogP contribution is 2.21. The Morgan fingerprint density at radius 1 is 1.45 bits per heavy atom. The van der Waals surface area contributed by atoms with Gasteiger partial charge in [0.05, 0.1) is 5.25 Å². The molecule has 0 aliphatic rings. The van der Waals surface area contributed by atoms with Crippen LogP contribution in [0.4, 0.5) is 11.6 Å². The molecular formula is C13H17N5OS. The summed E-state index contributed by atoms with van der Waals surface area (Å²) in [6.07, 6.45) is 0.979. The zero-order valence-electron chi connectivity index (χ0n) is 11.4. The first-order chi connectivity index (χ1) is 9.58. The van der Waals surface area contributed by atoms with E-state index in [2.05, 4.69) is 27.4 Å². The van der Waals surface area contributed by atoms with Crippen molar-refractivity contribution in [3.8, 4) is 0 Å². The van der Waals surface area contributed by atoms with E-state index in [4.69, 9.17) is 5.73 Å². The number of nitrogens with one attached hydrogen (secondary N) is 2. The van der Waals surface area contributed by atoms with Crippen molar-refractivity contribution in [1.82, 2.24) is 15.2 Å². The molecule has 0 unspecified atom stereocenters. The van der Waals surface area contributed by atoms with Crippen LogP contribution in [0.5, 0.6) is 0 Å². The summed E-state index contributed by atoms with van der Waals surface area (Å²) >= 11 is 1.25. The summed E-state index contributed by atoms with van der Waals surface area (Å²) in [5.74, 6) is 0.151. The molecule has 0 aliphatic heterocycles. The topological polar surface area (TPSA) is 96.7 Å². The van der Waals surface area contributed by atoms with Crippen LogP contribution in [0.2, 0.25) is 0 Å². The van der Waals surface area contributed by atoms with E-state index >= 15 is 0 Å². The van der Waals surface area contributed by atoms with E-state index in [9.17, 15) is 4.79 Å². The number of nitrogen functional groups attached to an aromatic ring is 1. The lowest BCUT2D eigenvalue weighted by Crippen LogP contribution is -2.22. The van der Waals surface area contributed by atoms with E-state index in [1.165, 1.54) is 17.3 Å². The first kappa shape index (κ1) is 14.4. The normalized spacial score (nSPS) is 12.1. The number of thioether (sulfide) groups is 1. The number of hydrogen-bond acceptors (Lipinski definition) is 5. The van der Waals surface area contributed by atoms with Crippen molar-refractivity contribution >= 4 is 29.3 Å². The average Bonchev–Trinajstić information content (AvgIpc) is 2.85. The van der Waals surface area contributed by atoms with E-state index in [0.717, 1.165) is 12.1 Å². The molecule has 0 fully saturated rings. The maximum atomic E-state index is 12.0. The quantitative estimate of drug-likeness (QED) is 0.733. The van der Waals surface area contributed by atoms with Gasteiger partial charge >= 0.3 is 0 Å². The SMILES string of the molecule is CCc1ccc(NC(=O)[C@@H](C)Sc2n[nH]c(N)n2)cc1. The lowest BCUT2D eigenvalue weighted by Gasteiger charge is -2.10. The third kappa shape index (κ3) is 3.74. The highest BCUT2D eigenvalue weighted by atomic mass is 32.2. The molecule has 1 heterocycles. The Kier molecular flexibility index (Phi) is 4.62. The van der Waals surface area contributed by atoms with Crippen molar-refractivity contribution in [3.05, 3.63) is 29.8 Å². The number of aromatic nitrogens is 3. The molecule has 1 atom stereocenters. The number of aryl methyl sites for hydroxylation is 1. The first-order valence-electron chi connectivity index (χ1n) is 6.33. The molecule has 1 aromatic heterocycles. The molecule has 106 valence electrons. The van der Waals surface area contributed by atoms with Gasteiger partial charge in [-0.3, -0.25) is 4.79 Å². The van der Waals surface area contributed by atoms with Crippen LogP contribution in [0.25, 0.3) is 0 Å². The smallest absolute Gasteiger partial charge is 0.237 e. The van der Waals surface area contributed by atoms with Crippen LogP contribution in [0.1, 0.15) is 19.4 Å². The number of amides is 1. The number of H-pyrrole nitrogens is 1. The number of rotatable bonds is 5. The zero-order valence-corrected chi connectivity index (χ0v) is 12.2. The molecule has 6 nitrogen and oxygen atoms in total. The van der Waals surface area contributed by atoms with E-state index < -0.39 is 0 Å². The van der Waals surface area contributed by atoms with Gasteiger partial charge in [0.2, 0.25) is 17.0 Å². The molecule has 2 aromatic rings. The van der Waals surface area contributed by atoms with Gasteiger partial charge in [0.25, 0.3) is 0 Å². The summed E-state index contributed by atoms with van der Waals surface area (Å²) in [6.45, 7) is 3.89. The van der Waals surface area contributed by atoms with Gasteiger partial charge in [-0.25, -0.2) is 5.10 Å². The molecule has 20 heavy (non-hydrogen) atoms. The van der Waals surface area contributed by atoms with Crippen molar-refractivity contribution in [1.29, 1.82) is 0 Å². The second kappa shape index (κ2) is 6.42. The van der Waals surface area contributed by atoms with Gasteiger partial charge < -0.3 is 11.1 Å². The number of nitrogens with two attached hydrogens (primary N) is 1. The highest BCUT2D eigenvalue weighted by molar-refractivity contribution is 8.00. The van der Waals surface area contributed by atoms with Crippen LogP contribution >= 0.6 is 11.8 Å². The van der Waals surface area contributed by atoms with Crippen molar-refractivity contribution in [2.75, 3.05) is 11.1 Å². The Balaban J connectivity index is 1.93. The van der Waals surface area contributed by atoms with Crippen molar-refractivity contribution < 1.29 is 4.79 Å². The van der Waals surface area contributed by atoms with Crippen LogP contribution in [0, 0.1) is 0 Å². The van der Waals surface area contributed by atoms with Crippen LogP contribution in [-0.4, -0.2) is 26.3 Å². The fraction of sp³-hybridized carbons (Fsp3) is 0.308. The average molecular weight is 291 g/mol. The summed E-state index contributed by atoms with van der Waals surface area (Å²) in [4.78, 5) is 16.0. The van der Waals surface area contributed by atoms with E-state index in [-0.39, 0.29) is 17.1 Å². The standard InChI is InChI=1S/C13H17N5OS/c1-3-9-4-6-10(7-5-9)15-11(19)8(2)20-13-16-12(14)17-18-13/h4-8H,3H2,1-2H3,(H,15,19)(H3,14,16,17,18)/t8-/m1/s1. The van der Waals surface area contributed by atoms with E-state index in [1.807, 2.05) is 24.3 Å². The number of nitrogens with zero attached hydrogens (tertiary/aromatic N) is 2.